The van der Waals surface area contributed by atoms with E-state index in [1.165, 1.54) is 12.5 Å². The van der Waals surface area contributed by atoms with Crippen molar-refractivity contribution in [1.82, 2.24) is 15.5 Å². The maximum absolute atomic E-state index is 13.3. The van der Waals surface area contributed by atoms with Gasteiger partial charge in [-0.15, -0.1) is 0 Å². The molecule has 0 fully saturated rings. The lowest BCUT2D eigenvalue weighted by Crippen LogP contribution is -2.14. The highest BCUT2D eigenvalue weighted by molar-refractivity contribution is 9.10. The first kappa shape index (κ1) is 11.2. The van der Waals surface area contributed by atoms with Crippen molar-refractivity contribution >= 4 is 15.9 Å². The van der Waals surface area contributed by atoms with E-state index in [1.807, 2.05) is 0 Å². The first-order valence-corrected chi connectivity index (χ1v) is 5.45. The van der Waals surface area contributed by atoms with E-state index in [-0.39, 0.29) is 5.82 Å². The highest BCUT2D eigenvalue weighted by Crippen LogP contribution is 2.15. The molecule has 0 unspecified atom stereocenters. The first-order valence-electron chi connectivity index (χ1n) is 4.65. The molecule has 0 amide bonds. The van der Waals surface area contributed by atoms with Gasteiger partial charge < -0.3 is 9.84 Å². The summed E-state index contributed by atoms with van der Waals surface area (Å²) in [6.07, 6.45) is 1.26. The van der Waals surface area contributed by atoms with Gasteiger partial charge in [0.2, 0.25) is 6.39 Å². The molecular weight excluding hydrogens is 277 g/mol. The van der Waals surface area contributed by atoms with Gasteiger partial charge in [-0.1, -0.05) is 21.1 Å². The highest BCUT2D eigenvalue weighted by atomic mass is 79.9. The van der Waals surface area contributed by atoms with Crippen molar-refractivity contribution in [1.29, 1.82) is 0 Å². The van der Waals surface area contributed by atoms with E-state index in [0.29, 0.717) is 24.5 Å². The van der Waals surface area contributed by atoms with Crippen molar-refractivity contribution in [3.05, 3.63) is 46.3 Å². The predicted octanol–water partition coefficient (Wildman–Crippen LogP) is 2.26. The Bertz CT molecular complexity index is 461. The molecule has 1 N–H and O–H groups in total. The largest absolute Gasteiger partial charge is 0.343 e. The molecule has 2 rings (SSSR count). The standard InChI is InChI=1S/C10H9BrFN3O/c11-8-1-2-9(12)7(3-8)4-13-5-10-14-6-16-15-10/h1-3,6,13H,4-5H2. The summed E-state index contributed by atoms with van der Waals surface area (Å²) in [5, 5.41) is 6.66. The smallest absolute Gasteiger partial charge is 0.213 e. The molecule has 1 aromatic carbocycles. The molecule has 0 aliphatic carbocycles. The van der Waals surface area contributed by atoms with Gasteiger partial charge in [0, 0.05) is 16.6 Å². The molecule has 2 aromatic rings. The van der Waals surface area contributed by atoms with E-state index in [9.17, 15) is 4.39 Å². The second-order valence-corrected chi connectivity index (χ2v) is 4.10. The van der Waals surface area contributed by atoms with Crippen LogP contribution >= 0.6 is 15.9 Å². The third-order valence-electron chi connectivity index (χ3n) is 2.01. The zero-order valence-electron chi connectivity index (χ0n) is 8.28. The Morgan fingerprint density at radius 1 is 1.38 bits per heavy atom. The first-order chi connectivity index (χ1) is 7.75. The molecule has 0 aliphatic heterocycles. The molecule has 0 radical (unpaired) electrons. The monoisotopic (exact) mass is 285 g/mol. The van der Waals surface area contributed by atoms with Crippen LogP contribution in [-0.2, 0) is 13.1 Å². The Hall–Kier alpha value is -1.27. The fourth-order valence-electron chi connectivity index (χ4n) is 1.26. The summed E-state index contributed by atoms with van der Waals surface area (Å²) in [5.74, 6) is 0.319. The van der Waals surface area contributed by atoms with Gasteiger partial charge in [0.25, 0.3) is 0 Å². The molecule has 0 spiro atoms. The van der Waals surface area contributed by atoms with Crippen LogP contribution in [0.1, 0.15) is 11.4 Å². The fourth-order valence-corrected chi connectivity index (χ4v) is 1.67. The zero-order chi connectivity index (χ0) is 11.4. The predicted molar refractivity (Wildman–Crippen MR) is 58.9 cm³/mol. The van der Waals surface area contributed by atoms with Crippen LogP contribution in [0.5, 0.6) is 0 Å². The summed E-state index contributed by atoms with van der Waals surface area (Å²) >= 11 is 3.29. The zero-order valence-corrected chi connectivity index (χ0v) is 9.87. The van der Waals surface area contributed by atoms with Gasteiger partial charge in [0.05, 0.1) is 6.54 Å². The Kier molecular flexibility index (Phi) is 3.63. The average Bonchev–Trinajstić information content (AvgIpc) is 2.76. The van der Waals surface area contributed by atoms with Crippen molar-refractivity contribution in [3.8, 4) is 0 Å². The van der Waals surface area contributed by atoms with Crippen molar-refractivity contribution in [2.45, 2.75) is 13.1 Å². The summed E-state index contributed by atoms with van der Waals surface area (Å²) in [4.78, 5) is 3.84. The summed E-state index contributed by atoms with van der Waals surface area (Å²) in [5.41, 5.74) is 0.595. The minimum Gasteiger partial charge on any atom is -0.343 e. The molecular formula is C10H9BrFN3O. The van der Waals surface area contributed by atoms with Gasteiger partial charge in [-0.25, -0.2) is 4.39 Å². The number of nitrogens with zero attached hydrogens (tertiary/aromatic N) is 2. The number of benzene rings is 1. The van der Waals surface area contributed by atoms with Crippen LogP contribution in [0.15, 0.2) is 33.6 Å². The average molecular weight is 286 g/mol. The van der Waals surface area contributed by atoms with Crippen LogP contribution in [0.4, 0.5) is 4.39 Å². The maximum atomic E-state index is 13.3. The maximum Gasteiger partial charge on any atom is 0.213 e. The lowest BCUT2D eigenvalue weighted by atomic mass is 10.2. The molecule has 0 atom stereocenters. The molecule has 16 heavy (non-hydrogen) atoms. The quantitative estimate of drug-likeness (QED) is 0.936. The fraction of sp³-hybridized carbons (Fsp3) is 0.200. The second-order valence-electron chi connectivity index (χ2n) is 3.19. The Morgan fingerprint density at radius 3 is 3.00 bits per heavy atom. The van der Waals surface area contributed by atoms with Crippen LogP contribution in [0.25, 0.3) is 0 Å². The second kappa shape index (κ2) is 5.18. The van der Waals surface area contributed by atoms with Gasteiger partial charge >= 0.3 is 0 Å². The SMILES string of the molecule is Fc1ccc(Br)cc1CNCc1ncon1. The number of aromatic nitrogens is 2. The lowest BCUT2D eigenvalue weighted by Gasteiger charge is -2.04. The Balaban J connectivity index is 1.92. The summed E-state index contributed by atoms with van der Waals surface area (Å²) in [7, 11) is 0. The van der Waals surface area contributed by atoms with Gasteiger partial charge in [0.15, 0.2) is 5.82 Å². The van der Waals surface area contributed by atoms with Crippen LogP contribution < -0.4 is 5.32 Å². The van der Waals surface area contributed by atoms with E-state index < -0.39 is 0 Å². The van der Waals surface area contributed by atoms with Crippen LogP contribution in [-0.4, -0.2) is 10.1 Å². The van der Waals surface area contributed by atoms with E-state index in [1.54, 1.807) is 12.1 Å². The topological polar surface area (TPSA) is 51.0 Å². The molecule has 0 saturated carbocycles. The van der Waals surface area contributed by atoms with Crippen molar-refractivity contribution < 1.29 is 8.91 Å². The molecule has 0 bridgehead atoms. The molecule has 1 aromatic heterocycles. The summed E-state index contributed by atoms with van der Waals surface area (Å²) in [6, 6.07) is 4.83. The Morgan fingerprint density at radius 2 is 2.25 bits per heavy atom. The Labute approximate surface area is 100.0 Å². The number of halogens is 2. The molecule has 0 saturated heterocycles. The minimum atomic E-state index is -0.233. The molecule has 1 heterocycles. The van der Waals surface area contributed by atoms with Crippen molar-refractivity contribution in [2.75, 3.05) is 0 Å². The van der Waals surface area contributed by atoms with Crippen LogP contribution in [0.2, 0.25) is 0 Å². The molecule has 0 aliphatic rings. The molecule has 6 heteroatoms. The normalized spacial score (nSPS) is 10.6. The van der Waals surface area contributed by atoms with Crippen molar-refractivity contribution in [2.24, 2.45) is 0 Å². The van der Waals surface area contributed by atoms with E-state index in [0.717, 1.165) is 4.47 Å². The number of rotatable bonds is 4. The molecule has 4 nitrogen and oxygen atoms in total. The van der Waals surface area contributed by atoms with E-state index >= 15 is 0 Å². The van der Waals surface area contributed by atoms with Crippen LogP contribution in [0, 0.1) is 5.82 Å². The number of hydrogen-bond acceptors (Lipinski definition) is 4. The third-order valence-corrected chi connectivity index (χ3v) is 2.51. The molecule has 84 valence electrons. The van der Waals surface area contributed by atoms with Crippen molar-refractivity contribution in [3.63, 3.8) is 0 Å². The van der Waals surface area contributed by atoms with E-state index in [4.69, 9.17) is 0 Å². The minimum absolute atomic E-state index is 0.233. The summed E-state index contributed by atoms with van der Waals surface area (Å²) < 4.78 is 18.8. The van der Waals surface area contributed by atoms with Gasteiger partial charge in [-0.2, -0.15) is 4.98 Å². The van der Waals surface area contributed by atoms with Crippen LogP contribution in [0.3, 0.4) is 0 Å². The number of hydrogen-bond donors (Lipinski definition) is 1. The highest BCUT2D eigenvalue weighted by Gasteiger charge is 2.03. The van der Waals surface area contributed by atoms with Gasteiger partial charge in [-0.3, -0.25) is 0 Å². The van der Waals surface area contributed by atoms with Gasteiger partial charge in [0.1, 0.15) is 5.82 Å². The third kappa shape index (κ3) is 2.86. The lowest BCUT2D eigenvalue weighted by molar-refractivity contribution is 0.407. The van der Waals surface area contributed by atoms with Gasteiger partial charge in [-0.05, 0) is 18.2 Å². The number of nitrogens with one attached hydrogen (secondary N) is 1. The summed E-state index contributed by atoms with van der Waals surface area (Å²) in [6.45, 7) is 0.863. The van der Waals surface area contributed by atoms with E-state index in [2.05, 4.69) is 35.9 Å².